The molecule has 2 heterocycles. The maximum atomic E-state index is 12.2. The number of hydrogen-bond donors (Lipinski definition) is 2. The number of amides is 1. The van der Waals surface area contributed by atoms with Gasteiger partial charge in [0.2, 0.25) is 0 Å². The van der Waals surface area contributed by atoms with E-state index in [1.165, 1.54) is 32.4 Å². The van der Waals surface area contributed by atoms with Crippen molar-refractivity contribution in [3.8, 4) is 0 Å². The van der Waals surface area contributed by atoms with E-state index in [0.717, 1.165) is 44.9 Å². The third kappa shape index (κ3) is 7.08. The van der Waals surface area contributed by atoms with Crippen molar-refractivity contribution in [2.24, 2.45) is 11.8 Å². The molecule has 0 radical (unpaired) electrons. The van der Waals surface area contributed by atoms with Gasteiger partial charge >= 0.3 is 6.09 Å². The molecule has 2 saturated heterocycles. The maximum absolute atomic E-state index is 12.2. The summed E-state index contributed by atoms with van der Waals surface area (Å²) in [6.45, 7) is 12.0. The normalized spacial score (nSPS) is 23.8. The molecule has 1 atom stereocenters. The summed E-state index contributed by atoms with van der Waals surface area (Å²) in [6.07, 6.45) is 5.92. The first kappa shape index (κ1) is 18.5. The van der Waals surface area contributed by atoms with Crippen molar-refractivity contribution in [1.82, 2.24) is 15.5 Å². The minimum atomic E-state index is -0.402. The molecule has 0 bridgehead atoms. The Bertz CT molecular complexity index is 362. The molecule has 0 aliphatic carbocycles. The van der Waals surface area contributed by atoms with Gasteiger partial charge in [-0.1, -0.05) is 0 Å². The van der Waals surface area contributed by atoms with Crippen molar-refractivity contribution in [2.75, 3.05) is 39.3 Å². The maximum Gasteiger partial charge on any atom is 0.410 e. The summed E-state index contributed by atoms with van der Waals surface area (Å²) < 4.78 is 5.50. The molecule has 1 unspecified atom stereocenters. The molecule has 0 aromatic carbocycles. The first-order chi connectivity index (χ1) is 10.9. The van der Waals surface area contributed by atoms with Crippen LogP contribution in [0.3, 0.4) is 0 Å². The highest BCUT2D eigenvalue weighted by Crippen LogP contribution is 2.21. The van der Waals surface area contributed by atoms with E-state index in [4.69, 9.17) is 4.74 Å². The molecule has 5 nitrogen and oxygen atoms in total. The van der Waals surface area contributed by atoms with Gasteiger partial charge in [0.15, 0.2) is 0 Å². The summed E-state index contributed by atoms with van der Waals surface area (Å²) in [7, 11) is 0. The summed E-state index contributed by atoms with van der Waals surface area (Å²) in [6, 6.07) is 0. The fourth-order valence-electron chi connectivity index (χ4n) is 3.49. The summed E-state index contributed by atoms with van der Waals surface area (Å²) in [5.41, 5.74) is -0.402. The number of nitrogens with one attached hydrogen (secondary N) is 2. The summed E-state index contributed by atoms with van der Waals surface area (Å²) in [5.74, 6) is 1.44. The highest BCUT2D eigenvalue weighted by atomic mass is 16.6. The van der Waals surface area contributed by atoms with Crippen LogP contribution in [-0.2, 0) is 4.74 Å². The van der Waals surface area contributed by atoms with Crippen molar-refractivity contribution in [3.63, 3.8) is 0 Å². The molecule has 2 N–H and O–H groups in total. The largest absolute Gasteiger partial charge is 0.444 e. The van der Waals surface area contributed by atoms with Crippen LogP contribution in [0.1, 0.15) is 52.9 Å². The van der Waals surface area contributed by atoms with Crippen molar-refractivity contribution in [1.29, 1.82) is 0 Å². The lowest BCUT2D eigenvalue weighted by Crippen LogP contribution is -2.43. The average Bonchev–Trinajstić information content (AvgIpc) is 2.51. The van der Waals surface area contributed by atoms with Gasteiger partial charge in [0.25, 0.3) is 0 Å². The second-order valence-electron chi connectivity index (χ2n) is 8.12. The zero-order valence-corrected chi connectivity index (χ0v) is 15.2. The van der Waals surface area contributed by atoms with Gasteiger partial charge in [-0.2, -0.15) is 0 Å². The molecule has 1 amide bonds. The molecule has 0 aromatic rings. The lowest BCUT2D eigenvalue weighted by Gasteiger charge is -2.34. The molecule has 23 heavy (non-hydrogen) atoms. The Labute approximate surface area is 141 Å². The smallest absolute Gasteiger partial charge is 0.410 e. The van der Waals surface area contributed by atoms with Crippen molar-refractivity contribution >= 4 is 6.09 Å². The summed E-state index contributed by atoms with van der Waals surface area (Å²) in [5, 5.41) is 7.03. The van der Waals surface area contributed by atoms with E-state index in [2.05, 4.69) is 10.6 Å². The van der Waals surface area contributed by atoms with Crippen LogP contribution in [0.2, 0.25) is 0 Å². The fraction of sp³-hybridized carbons (Fsp3) is 0.944. The standard InChI is InChI=1S/C18H35N3O2/c1-18(2,3)23-17(22)21-12-4-5-16(14-21)8-11-20-13-15-6-9-19-10-7-15/h15-16,19-20H,4-14H2,1-3H3. The second-order valence-corrected chi connectivity index (χ2v) is 8.12. The molecule has 0 aromatic heterocycles. The Morgan fingerprint density at radius 3 is 2.65 bits per heavy atom. The highest BCUT2D eigenvalue weighted by molar-refractivity contribution is 5.68. The molecule has 0 spiro atoms. The first-order valence-corrected chi connectivity index (χ1v) is 9.33. The fourth-order valence-corrected chi connectivity index (χ4v) is 3.49. The van der Waals surface area contributed by atoms with Crippen LogP contribution in [0.15, 0.2) is 0 Å². The van der Waals surface area contributed by atoms with Crippen molar-refractivity contribution in [3.05, 3.63) is 0 Å². The zero-order chi connectivity index (χ0) is 16.7. The molecule has 2 rings (SSSR count). The van der Waals surface area contributed by atoms with Gasteiger partial charge in [-0.05, 0) is 90.9 Å². The number of nitrogens with zero attached hydrogens (tertiary/aromatic N) is 1. The van der Waals surface area contributed by atoms with Crippen LogP contribution in [-0.4, -0.2) is 55.9 Å². The van der Waals surface area contributed by atoms with Gasteiger partial charge in [-0.15, -0.1) is 0 Å². The van der Waals surface area contributed by atoms with E-state index in [9.17, 15) is 4.79 Å². The van der Waals surface area contributed by atoms with Crippen LogP contribution >= 0.6 is 0 Å². The number of piperidine rings is 2. The Morgan fingerprint density at radius 1 is 1.22 bits per heavy atom. The third-order valence-electron chi connectivity index (χ3n) is 4.79. The Morgan fingerprint density at radius 2 is 1.96 bits per heavy atom. The van der Waals surface area contributed by atoms with Crippen LogP contribution < -0.4 is 10.6 Å². The number of carbonyl (C=O) groups excluding carboxylic acids is 1. The number of hydrogen-bond acceptors (Lipinski definition) is 4. The average molecular weight is 325 g/mol. The molecule has 2 aliphatic heterocycles. The Kier molecular flexibility index (Phi) is 7.15. The molecule has 0 saturated carbocycles. The van der Waals surface area contributed by atoms with Gasteiger partial charge in [0.1, 0.15) is 5.60 Å². The van der Waals surface area contributed by atoms with Crippen LogP contribution in [0.5, 0.6) is 0 Å². The van der Waals surface area contributed by atoms with E-state index in [1.807, 2.05) is 25.7 Å². The number of likely N-dealkylation sites (tertiary alicyclic amines) is 1. The lowest BCUT2D eigenvalue weighted by molar-refractivity contribution is 0.0162. The van der Waals surface area contributed by atoms with E-state index < -0.39 is 5.60 Å². The van der Waals surface area contributed by atoms with Crippen molar-refractivity contribution < 1.29 is 9.53 Å². The predicted octanol–water partition coefficient (Wildman–Crippen LogP) is 2.61. The molecule has 2 fully saturated rings. The molecule has 2 aliphatic rings. The Balaban J connectivity index is 1.62. The van der Waals surface area contributed by atoms with Crippen LogP contribution in [0.4, 0.5) is 4.79 Å². The SMILES string of the molecule is CC(C)(C)OC(=O)N1CCCC(CCNCC2CCNCC2)C1. The van der Waals surface area contributed by atoms with Gasteiger partial charge in [-0.25, -0.2) is 4.79 Å². The quantitative estimate of drug-likeness (QED) is 0.763. The zero-order valence-electron chi connectivity index (χ0n) is 15.2. The van der Waals surface area contributed by atoms with Crippen LogP contribution in [0.25, 0.3) is 0 Å². The first-order valence-electron chi connectivity index (χ1n) is 9.33. The van der Waals surface area contributed by atoms with Crippen molar-refractivity contribution in [2.45, 2.75) is 58.5 Å². The summed E-state index contributed by atoms with van der Waals surface area (Å²) in [4.78, 5) is 14.1. The second kappa shape index (κ2) is 8.88. The molecular formula is C18H35N3O2. The van der Waals surface area contributed by atoms with E-state index in [0.29, 0.717) is 5.92 Å². The monoisotopic (exact) mass is 325 g/mol. The molecule has 134 valence electrons. The highest BCUT2D eigenvalue weighted by Gasteiger charge is 2.27. The minimum Gasteiger partial charge on any atom is -0.444 e. The van der Waals surface area contributed by atoms with Gasteiger partial charge in [-0.3, -0.25) is 0 Å². The van der Waals surface area contributed by atoms with Gasteiger partial charge < -0.3 is 20.3 Å². The van der Waals surface area contributed by atoms with Gasteiger partial charge in [0.05, 0.1) is 0 Å². The van der Waals surface area contributed by atoms with E-state index in [-0.39, 0.29) is 6.09 Å². The predicted molar refractivity (Wildman–Crippen MR) is 93.6 cm³/mol. The summed E-state index contributed by atoms with van der Waals surface area (Å²) >= 11 is 0. The molecule has 5 heteroatoms. The number of carbonyl (C=O) groups is 1. The lowest BCUT2D eigenvalue weighted by atomic mass is 9.94. The third-order valence-corrected chi connectivity index (χ3v) is 4.79. The molecular weight excluding hydrogens is 290 g/mol. The van der Waals surface area contributed by atoms with Gasteiger partial charge in [0, 0.05) is 13.1 Å². The number of ether oxygens (including phenoxy) is 1. The van der Waals surface area contributed by atoms with E-state index in [1.54, 1.807) is 0 Å². The van der Waals surface area contributed by atoms with Crippen LogP contribution in [0, 0.1) is 11.8 Å². The van der Waals surface area contributed by atoms with E-state index >= 15 is 0 Å². The Hall–Kier alpha value is -0.810. The topological polar surface area (TPSA) is 53.6 Å². The minimum absolute atomic E-state index is 0.148. The number of rotatable bonds is 5.